The average Bonchev–Trinajstić information content (AvgIpc) is 2.66. The van der Waals surface area contributed by atoms with Crippen molar-refractivity contribution < 1.29 is 19.0 Å². The molecule has 3 rings (SSSR count). The molecule has 0 saturated carbocycles. The van der Waals surface area contributed by atoms with E-state index in [0.717, 1.165) is 10.8 Å². The minimum Gasteiger partial charge on any atom is -0.497 e. The van der Waals surface area contributed by atoms with E-state index in [-0.39, 0.29) is 5.91 Å². The van der Waals surface area contributed by atoms with Crippen LogP contribution in [0.3, 0.4) is 0 Å². The molecule has 0 aliphatic heterocycles. The number of ether oxygens (including phenoxy) is 3. The van der Waals surface area contributed by atoms with Crippen molar-refractivity contribution in [2.24, 2.45) is 0 Å². The molecule has 5 nitrogen and oxygen atoms in total. The maximum absolute atomic E-state index is 12.8. The minimum absolute atomic E-state index is 0.266. The molecule has 128 valence electrons. The number of rotatable bonds is 5. The molecule has 1 amide bonds. The third kappa shape index (κ3) is 3.50. The zero-order chi connectivity index (χ0) is 17.8. The van der Waals surface area contributed by atoms with Crippen LogP contribution in [0.2, 0.25) is 0 Å². The van der Waals surface area contributed by atoms with E-state index >= 15 is 0 Å². The highest BCUT2D eigenvalue weighted by Gasteiger charge is 2.15. The van der Waals surface area contributed by atoms with Crippen molar-refractivity contribution in [1.29, 1.82) is 0 Å². The Hall–Kier alpha value is -3.21. The molecule has 1 N–H and O–H groups in total. The fourth-order valence-electron chi connectivity index (χ4n) is 2.64. The molecular weight excluding hydrogens is 318 g/mol. The predicted octanol–water partition coefficient (Wildman–Crippen LogP) is 4.12. The molecule has 25 heavy (non-hydrogen) atoms. The van der Waals surface area contributed by atoms with Crippen LogP contribution in [0.15, 0.2) is 54.6 Å². The molecule has 0 unspecified atom stereocenters. The van der Waals surface area contributed by atoms with Crippen molar-refractivity contribution in [2.75, 3.05) is 26.6 Å². The molecule has 0 aliphatic rings. The smallest absolute Gasteiger partial charge is 0.259 e. The summed E-state index contributed by atoms with van der Waals surface area (Å²) in [5.41, 5.74) is 1.04. The lowest BCUT2D eigenvalue weighted by atomic mass is 10.1. The van der Waals surface area contributed by atoms with Gasteiger partial charge in [0.15, 0.2) is 0 Å². The van der Waals surface area contributed by atoms with Crippen LogP contribution in [0.5, 0.6) is 17.2 Å². The summed E-state index contributed by atoms with van der Waals surface area (Å²) in [5, 5.41) is 4.85. The number of carbonyl (C=O) groups excluding carboxylic acids is 1. The van der Waals surface area contributed by atoms with Crippen LogP contribution in [0, 0.1) is 0 Å². The standard InChI is InChI=1S/C20H19NO4/c1-23-16-10-15(11-17(12-16)24-2)21-20(22)18-8-13-6-4-5-7-14(13)9-19(18)25-3/h4-12H,1-3H3,(H,21,22). The molecule has 0 heterocycles. The Morgan fingerprint density at radius 1 is 0.800 bits per heavy atom. The first-order valence-electron chi connectivity index (χ1n) is 7.76. The van der Waals surface area contributed by atoms with Gasteiger partial charge in [-0.25, -0.2) is 0 Å². The number of hydrogen-bond acceptors (Lipinski definition) is 4. The van der Waals surface area contributed by atoms with Gasteiger partial charge in [-0.05, 0) is 22.9 Å². The molecule has 0 bridgehead atoms. The number of hydrogen-bond donors (Lipinski definition) is 1. The lowest BCUT2D eigenvalue weighted by Crippen LogP contribution is -2.13. The van der Waals surface area contributed by atoms with Crippen molar-refractivity contribution in [3.8, 4) is 17.2 Å². The summed E-state index contributed by atoms with van der Waals surface area (Å²) in [7, 11) is 4.68. The van der Waals surface area contributed by atoms with E-state index in [1.807, 2.05) is 36.4 Å². The third-order valence-corrected chi connectivity index (χ3v) is 3.92. The lowest BCUT2D eigenvalue weighted by Gasteiger charge is -2.13. The summed E-state index contributed by atoms with van der Waals surface area (Å²) >= 11 is 0. The molecule has 0 atom stereocenters. The zero-order valence-corrected chi connectivity index (χ0v) is 14.3. The quantitative estimate of drug-likeness (QED) is 0.761. The Morgan fingerprint density at radius 2 is 1.40 bits per heavy atom. The van der Waals surface area contributed by atoms with E-state index in [4.69, 9.17) is 14.2 Å². The van der Waals surface area contributed by atoms with E-state index < -0.39 is 0 Å². The molecule has 0 fully saturated rings. The highest BCUT2D eigenvalue weighted by Crippen LogP contribution is 2.29. The summed E-state index contributed by atoms with van der Waals surface area (Å²) in [5.74, 6) is 1.45. The fourth-order valence-corrected chi connectivity index (χ4v) is 2.64. The Morgan fingerprint density at radius 3 is 1.96 bits per heavy atom. The molecule has 0 aliphatic carbocycles. The predicted molar refractivity (Wildman–Crippen MR) is 98.0 cm³/mol. The molecule has 5 heteroatoms. The number of anilines is 1. The average molecular weight is 337 g/mol. The van der Waals surface area contributed by atoms with Crippen molar-refractivity contribution in [1.82, 2.24) is 0 Å². The Kier molecular flexibility index (Phi) is 4.75. The normalized spacial score (nSPS) is 10.4. The van der Waals surface area contributed by atoms with Crippen LogP contribution in [-0.4, -0.2) is 27.2 Å². The minimum atomic E-state index is -0.266. The molecule has 0 radical (unpaired) electrons. The number of fused-ring (bicyclic) bond motifs is 1. The van der Waals surface area contributed by atoms with Crippen LogP contribution >= 0.6 is 0 Å². The summed E-state index contributed by atoms with van der Waals surface area (Å²) in [4.78, 5) is 12.8. The van der Waals surface area contributed by atoms with Gasteiger partial charge >= 0.3 is 0 Å². The van der Waals surface area contributed by atoms with Crippen molar-refractivity contribution in [3.63, 3.8) is 0 Å². The van der Waals surface area contributed by atoms with Gasteiger partial charge in [0.1, 0.15) is 17.2 Å². The maximum Gasteiger partial charge on any atom is 0.259 e. The van der Waals surface area contributed by atoms with Crippen LogP contribution in [0.1, 0.15) is 10.4 Å². The fraction of sp³-hybridized carbons (Fsp3) is 0.150. The Labute approximate surface area is 146 Å². The monoisotopic (exact) mass is 337 g/mol. The van der Waals surface area contributed by atoms with Crippen LogP contribution in [0.4, 0.5) is 5.69 Å². The van der Waals surface area contributed by atoms with E-state index in [0.29, 0.717) is 28.5 Å². The van der Waals surface area contributed by atoms with Gasteiger partial charge in [-0.3, -0.25) is 4.79 Å². The topological polar surface area (TPSA) is 56.8 Å². The van der Waals surface area contributed by atoms with Crippen LogP contribution < -0.4 is 19.5 Å². The van der Waals surface area contributed by atoms with Crippen molar-refractivity contribution in [3.05, 3.63) is 60.2 Å². The lowest BCUT2D eigenvalue weighted by molar-refractivity contribution is 0.102. The summed E-state index contributed by atoms with van der Waals surface area (Å²) in [6.45, 7) is 0. The molecule has 0 saturated heterocycles. The highest BCUT2D eigenvalue weighted by molar-refractivity contribution is 6.08. The van der Waals surface area contributed by atoms with Crippen LogP contribution in [-0.2, 0) is 0 Å². The van der Waals surface area contributed by atoms with Crippen LogP contribution in [0.25, 0.3) is 10.8 Å². The molecule has 3 aromatic rings. The Balaban J connectivity index is 1.97. The largest absolute Gasteiger partial charge is 0.497 e. The first-order chi connectivity index (χ1) is 12.1. The third-order valence-electron chi connectivity index (χ3n) is 3.92. The second-order valence-corrected chi connectivity index (χ2v) is 5.46. The number of carbonyl (C=O) groups is 1. The van der Waals surface area contributed by atoms with Gasteiger partial charge in [0, 0.05) is 23.9 Å². The molecular formula is C20H19NO4. The molecule has 3 aromatic carbocycles. The van der Waals surface area contributed by atoms with E-state index in [2.05, 4.69) is 5.32 Å². The van der Waals surface area contributed by atoms with E-state index in [1.165, 1.54) is 0 Å². The van der Waals surface area contributed by atoms with Gasteiger partial charge in [-0.1, -0.05) is 24.3 Å². The zero-order valence-electron chi connectivity index (χ0n) is 14.3. The van der Waals surface area contributed by atoms with Crippen molar-refractivity contribution in [2.45, 2.75) is 0 Å². The summed E-state index contributed by atoms with van der Waals surface area (Å²) < 4.78 is 15.9. The van der Waals surface area contributed by atoms with E-state index in [9.17, 15) is 4.79 Å². The second-order valence-electron chi connectivity index (χ2n) is 5.46. The second kappa shape index (κ2) is 7.13. The van der Waals surface area contributed by atoms with Gasteiger partial charge in [0.25, 0.3) is 5.91 Å². The summed E-state index contributed by atoms with van der Waals surface area (Å²) in [6.07, 6.45) is 0. The van der Waals surface area contributed by atoms with Crippen molar-refractivity contribution >= 4 is 22.4 Å². The first kappa shape index (κ1) is 16.6. The first-order valence-corrected chi connectivity index (χ1v) is 7.76. The van der Waals surface area contributed by atoms with Gasteiger partial charge in [0.05, 0.1) is 26.9 Å². The number of nitrogens with one attached hydrogen (secondary N) is 1. The molecule has 0 aromatic heterocycles. The maximum atomic E-state index is 12.8. The van der Waals surface area contributed by atoms with Gasteiger partial charge in [-0.2, -0.15) is 0 Å². The number of methoxy groups -OCH3 is 3. The van der Waals surface area contributed by atoms with Gasteiger partial charge in [0.2, 0.25) is 0 Å². The van der Waals surface area contributed by atoms with Gasteiger partial charge in [-0.15, -0.1) is 0 Å². The Bertz CT molecular complexity index is 898. The number of benzene rings is 3. The molecule has 0 spiro atoms. The number of amides is 1. The highest BCUT2D eigenvalue weighted by atomic mass is 16.5. The van der Waals surface area contributed by atoms with Gasteiger partial charge < -0.3 is 19.5 Å². The SMILES string of the molecule is COc1cc(NC(=O)c2cc3ccccc3cc2OC)cc(OC)c1. The summed E-state index contributed by atoms with van der Waals surface area (Å²) in [6, 6.07) is 16.7. The van der Waals surface area contributed by atoms with E-state index in [1.54, 1.807) is 39.5 Å².